The third-order valence-electron chi connectivity index (χ3n) is 5.00. The topological polar surface area (TPSA) is 66.5 Å². The highest BCUT2D eigenvalue weighted by Crippen LogP contribution is 2.27. The number of ketones is 2. The first-order chi connectivity index (χ1) is 13.5. The van der Waals surface area contributed by atoms with Crippen molar-refractivity contribution >= 4 is 36.7 Å². The van der Waals surface area contributed by atoms with Crippen LogP contribution < -0.4 is 10.2 Å². The second-order valence-corrected chi connectivity index (χ2v) is 7.41. The Hall–Kier alpha value is -2.44. The van der Waals surface area contributed by atoms with E-state index in [1.54, 1.807) is 17.0 Å². The zero-order valence-electron chi connectivity index (χ0n) is 16.9. The van der Waals surface area contributed by atoms with Crippen LogP contribution in [0.5, 0.6) is 0 Å². The number of aryl methyl sites for hydroxylation is 1. The summed E-state index contributed by atoms with van der Waals surface area (Å²) in [5.41, 5.74) is 2.54. The Morgan fingerprint density at radius 1 is 1.10 bits per heavy atom. The monoisotopic (exact) mass is 412 g/mol. The number of rotatable bonds is 7. The molecule has 1 aliphatic heterocycles. The second-order valence-electron chi connectivity index (χ2n) is 7.41. The number of amides is 1. The average Bonchev–Trinajstić information content (AvgIpc) is 2.81. The number of carbonyl (C=O) groups is 3. The average molecular weight is 413 g/mol. The number of benzene rings is 2. The lowest BCUT2D eigenvalue weighted by atomic mass is 10.0. The molecule has 2 atom stereocenters. The van der Waals surface area contributed by atoms with Crippen LogP contribution in [0.4, 0.5) is 5.69 Å². The van der Waals surface area contributed by atoms with E-state index in [-0.39, 0.29) is 43.6 Å². The van der Waals surface area contributed by atoms with Crippen molar-refractivity contribution in [2.24, 2.45) is 0 Å². The molecule has 1 amide bonds. The molecule has 154 valence electrons. The van der Waals surface area contributed by atoms with Gasteiger partial charge in [-0.25, -0.2) is 0 Å². The predicted molar refractivity (Wildman–Crippen MR) is 120 cm³/mol. The second kappa shape index (κ2) is 10.4. The van der Waals surface area contributed by atoms with E-state index in [2.05, 4.69) is 5.32 Å². The number of carbonyl (C=O) groups excluding carboxylic acids is 3. The molecule has 1 N–H and O–H groups in total. The van der Waals surface area contributed by atoms with Gasteiger partial charge in [0.05, 0.1) is 12.6 Å². The molecule has 0 radical (unpaired) electrons. The molecule has 0 saturated carbocycles. The summed E-state index contributed by atoms with van der Waals surface area (Å²) in [5, 5.41) is 3.32. The van der Waals surface area contributed by atoms with Gasteiger partial charge >= 0.3 is 0 Å². The molecule has 0 saturated heterocycles. The van der Waals surface area contributed by atoms with E-state index in [4.69, 9.17) is 0 Å². The summed E-state index contributed by atoms with van der Waals surface area (Å²) >= 11 is 0. The summed E-state index contributed by atoms with van der Waals surface area (Å²) in [7, 11) is 0. The highest BCUT2D eigenvalue weighted by Gasteiger charge is 2.31. The highest BCUT2D eigenvalue weighted by atomic mass is 32.1. The van der Waals surface area contributed by atoms with Crippen molar-refractivity contribution < 1.29 is 14.4 Å². The van der Waals surface area contributed by atoms with E-state index >= 15 is 0 Å². The molecule has 2 aromatic carbocycles. The number of nitrogens with zero attached hydrogens (tertiary/aromatic N) is 1. The third-order valence-corrected chi connectivity index (χ3v) is 5.00. The van der Waals surface area contributed by atoms with Gasteiger partial charge < -0.3 is 10.2 Å². The fourth-order valence-electron chi connectivity index (χ4n) is 3.68. The maximum absolute atomic E-state index is 13.2. The zero-order chi connectivity index (χ0) is 20.1. The molecule has 5 nitrogen and oxygen atoms in total. The lowest BCUT2D eigenvalue weighted by molar-refractivity contribution is -0.123. The molecule has 1 aliphatic rings. The first-order valence-electron chi connectivity index (χ1n) is 9.68. The first kappa shape index (κ1) is 22.8. The van der Waals surface area contributed by atoms with Crippen LogP contribution in [0.25, 0.3) is 0 Å². The Morgan fingerprint density at radius 2 is 1.76 bits per heavy atom. The molecule has 0 aliphatic carbocycles. The number of Topliss-reactive ketones (excluding diaryl/α,β-unsaturated/α-hetero) is 2. The minimum atomic E-state index is -0.426. The van der Waals surface area contributed by atoms with Gasteiger partial charge in [0.25, 0.3) is 0 Å². The largest absolute Gasteiger partial charge is 0.303 e. The molecule has 1 heterocycles. The van der Waals surface area contributed by atoms with Crippen LogP contribution >= 0.6 is 13.5 Å². The van der Waals surface area contributed by atoms with E-state index < -0.39 is 6.04 Å². The summed E-state index contributed by atoms with van der Waals surface area (Å²) in [4.78, 5) is 38.9. The van der Waals surface area contributed by atoms with Crippen molar-refractivity contribution in [3.63, 3.8) is 0 Å². The standard InChI is InChI=1S/C23H26N2O3.H2S/c1-16(14-22(27)19-9-4-3-5-10-19)24-20-13-12-18-8-6-7-11-21(18)25(23(20)28)15-17(2)26;/h3-11,16,20,24H,12-15H2,1-2H3;1H2/t16?,20-;/m0./s1. The fraction of sp³-hybridized carbons (Fsp3) is 0.348. The van der Waals surface area contributed by atoms with Gasteiger partial charge in [0, 0.05) is 23.7 Å². The van der Waals surface area contributed by atoms with Crippen molar-refractivity contribution in [2.45, 2.75) is 45.2 Å². The van der Waals surface area contributed by atoms with Crippen LogP contribution in [0, 0.1) is 0 Å². The van der Waals surface area contributed by atoms with Crippen molar-refractivity contribution in [3.8, 4) is 0 Å². The lowest BCUT2D eigenvalue weighted by Crippen LogP contribution is -2.50. The maximum Gasteiger partial charge on any atom is 0.244 e. The first-order valence-corrected chi connectivity index (χ1v) is 9.68. The summed E-state index contributed by atoms with van der Waals surface area (Å²) in [6.45, 7) is 3.47. The number of nitrogens with one attached hydrogen (secondary N) is 1. The van der Waals surface area contributed by atoms with Crippen LogP contribution in [-0.4, -0.2) is 36.1 Å². The Balaban J connectivity index is 0.00000300. The van der Waals surface area contributed by atoms with Crippen LogP contribution in [0.3, 0.4) is 0 Å². The minimum Gasteiger partial charge on any atom is -0.303 e. The number of para-hydroxylation sites is 1. The number of anilines is 1. The molecule has 0 fully saturated rings. The third kappa shape index (κ3) is 5.78. The summed E-state index contributed by atoms with van der Waals surface area (Å²) in [6.07, 6.45) is 1.69. The van der Waals surface area contributed by atoms with Crippen LogP contribution in [0.15, 0.2) is 54.6 Å². The quantitative estimate of drug-likeness (QED) is 0.709. The van der Waals surface area contributed by atoms with Crippen molar-refractivity contribution in [3.05, 3.63) is 65.7 Å². The Morgan fingerprint density at radius 3 is 2.45 bits per heavy atom. The van der Waals surface area contributed by atoms with Gasteiger partial charge in [0.15, 0.2) is 5.78 Å². The van der Waals surface area contributed by atoms with Crippen molar-refractivity contribution in [1.29, 1.82) is 0 Å². The van der Waals surface area contributed by atoms with Gasteiger partial charge in [-0.3, -0.25) is 14.4 Å². The fourth-order valence-corrected chi connectivity index (χ4v) is 3.68. The molecule has 6 heteroatoms. The van der Waals surface area contributed by atoms with Crippen LogP contribution in [-0.2, 0) is 16.0 Å². The van der Waals surface area contributed by atoms with Gasteiger partial charge in [0.1, 0.15) is 5.78 Å². The van der Waals surface area contributed by atoms with Gasteiger partial charge in [0.2, 0.25) is 5.91 Å². The Labute approximate surface area is 178 Å². The van der Waals surface area contributed by atoms with Crippen molar-refractivity contribution in [2.75, 3.05) is 11.4 Å². The lowest BCUT2D eigenvalue weighted by Gasteiger charge is -2.27. The number of hydrogen-bond acceptors (Lipinski definition) is 4. The van der Waals surface area contributed by atoms with Gasteiger partial charge in [-0.05, 0) is 38.3 Å². The van der Waals surface area contributed by atoms with E-state index in [0.29, 0.717) is 18.4 Å². The van der Waals surface area contributed by atoms with Gasteiger partial charge in [-0.1, -0.05) is 48.5 Å². The normalized spacial score (nSPS) is 17.0. The van der Waals surface area contributed by atoms with E-state index in [0.717, 1.165) is 17.7 Å². The molecular weight excluding hydrogens is 384 g/mol. The maximum atomic E-state index is 13.2. The van der Waals surface area contributed by atoms with E-state index in [9.17, 15) is 14.4 Å². The zero-order valence-corrected chi connectivity index (χ0v) is 17.9. The predicted octanol–water partition coefficient (Wildman–Crippen LogP) is 3.29. The minimum absolute atomic E-state index is 0. The molecule has 1 unspecified atom stereocenters. The van der Waals surface area contributed by atoms with Gasteiger partial charge in [-0.2, -0.15) is 13.5 Å². The van der Waals surface area contributed by atoms with Crippen molar-refractivity contribution in [1.82, 2.24) is 5.32 Å². The molecule has 0 spiro atoms. The smallest absolute Gasteiger partial charge is 0.244 e. The summed E-state index contributed by atoms with van der Waals surface area (Å²) in [6, 6.07) is 16.3. The number of fused-ring (bicyclic) bond motifs is 1. The Kier molecular flexibility index (Phi) is 8.17. The molecule has 3 rings (SSSR count). The van der Waals surface area contributed by atoms with E-state index in [1.165, 1.54) is 6.92 Å². The summed E-state index contributed by atoms with van der Waals surface area (Å²) in [5.74, 6) is -0.124. The highest BCUT2D eigenvalue weighted by molar-refractivity contribution is 7.59. The number of hydrogen-bond donors (Lipinski definition) is 1. The molecular formula is C23H28N2O3S. The van der Waals surface area contributed by atoms with Crippen LogP contribution in [0.1, 0.15) is 42.6 Å². The molecule has 2 aromatic rings. The van der Waals surface area contributed by atoms with Gasteiger partial charge in [-0.15, -0.1) is 0 Å². The SMILES string of the molecule is CC(=O)CN1C(=O)[C@@H](NC(C)CC(=O)c2ccccc2)CCc2ccccc21.S. The molecule has 0 bridgehead atoms. The Bertz CT molecular complexity index is 869. The van der Waals surface area contributed by atoms with Crippen LogP contribution in [0.2, 0.25) is 0 Å². The summed E-state index contributed by atoms with van der Waals surface area (Å²) < 4.78 is 0. The van der Waals surface area contributed by atoms with E-state index in [1.807, 2.05) is 49.4 Å². The molecule has 0 aromatic heterocycles. The molecule has 29 heavy (non-hydrogen) atoms.